The molecule has 11 heteroatoms. The zero-order valence-corrected chi connectivity index (χ0v) is 23.3. The number of benzene rings is 2. The van der Waals surface area contributed by atoms with E-state index in [1.54, 1.807) is 37.3 Å². The SMILES string of the molecule is CC(C(=O)NC1CCCCC1)N(Cc1ccc(Cl)c(Cl)c1)C(=O)CN(c1ccc(Cl)cc1)S(C)(=O)=O. The van der Waals surface area contributed by atoms with E-state index < -0.39 is 28.5 Å². The highest BCUT2D eigenvalue weighted by Gasteiger charge is 2.31. The maximum absolute atomic E-state index is 13.6. The van der Waals surface area contributed by atoms with Crippen LogP contribution in [-0.2, 0) is 26.2 Å². The van der Waals surface area contributed by atoms with Crippen LogP contribution in [0.3, 0.4) is 0 Å². The number of carbonyl (C=O) groups excluding carboxylic acids is 2. The van der Waals surface area contributed by atoms with Crippen LogP contribution >= 0.6 is 34.8 Å². The highest BCUT2D eigenvalue weighted by atomic mass is 35.5. The van der Waals surface area contributed by atoms with Gasteiger partial charge < -0.3 is 10.2 Å². The van der Waals surface area contributed by atoms with Gasteiger partial charge in [0.25, 0.3) is 0 Å². The zero-order chi connectivity index (χ0) is 26.5. The molecule has 0 aromatic heterocycles. The molecule has 0 spiro atoms. The molecule has 0 radical (unpaired) electrons. The van der Waals surface area contributed by atoms with E-state index in [2.05, 4.69) is 5.32 Å². The van der Waals surface area contributed by atoms with Crippen molar-refractivity contribution in [1.29, 1.82) is 0 Å². The summed E-state index contributed by atoms with van der Waals surface area (Å²) in [4.78, 5) is 28.1. The molecule has 196 valence electrons. The van der Waals surface area contributed by atoms with E-state index in [4.69, 9.17) is 34.8 Å². The van der Waals surface area contributed by atoms with Gasteiger partial charge in [-0.05, 0) is 61.7 Å². The molecule has 2 aromatic rings. The first-order chi connectivity index (χ1) is 17.0. The van der Waals surface area contributed by atoms with Crippen molar-refractivity contribution in [1.82, 2.24) is 10.2 Å². The summed E-state index contributed by atoms with van der Waals surface area (Å²) in [6.07, 6.45) is 6.08. The average molecular weight is 575 g/mol. The molecule has 2 aromatic carbocycles. The van der Waals surface area contributed by atoms with Gasteiger partial charge in [-0.2, -0.15) is 0 Å². The van der Waals surface area contributed by atoms with Crippen LogP contribution in [0.2, 0.25) is 15.1 Å². The van der Waals surface area contributed by atoms with Gasteiger partial charge in [0.15, 0.2) is 0 Å². The standard InChI is InChI=1S/C25H30Cl3N3O4S/c1-17(25(33)29-20-6-4-3-5-7-20)30(15-18-8-13-22(27)23(28)14-18)24(32)16-31(36(2,34)35)21-11-9-19(26)10-12-21/h8-14,17,20H,3-7,15-16H2,1-2H3,(H,29,33). The molecule has 0 saturated heterocycles. The van der Waals surface area contributed by atoms with E-state index in [1.807, 2.05) is 0 Å². The highest BCUT2D eigenvalue weighted by Crippen LogP contribution is 2.25. The second kappa shape index (κ2) is 12.5. The van der Waals surface area contributed by atoms with Crippen molar-refractivity contribution in [3.8, 4) is 0 Å². The van der Waals surface area contributed by atoms with Crippen LogP contribution in [0.15, 0.2) is 42.5 Å². The molecule has 1 N–H and O–H groups in total. The largest absolute Gasteiger partial charge is 0.352 e. The molecule has 1 atom stereocenters. The Balaban J connectivity index is 1.88. The molecule has 7 nitrogen and oxygen atoms in total. The number of halogens is 3. The monoisotopic (exact) mass is 573 g/mol. The topological polar surface area (TPSA) is 86.8 Å². The van der Waals surface area contributed by atoms with Gasteiger partial charge in [0.1, 0.15) is 12.6 Å². The molecule has 1 aliphatic rings. The minimum Gasteiger partial charge on any atom is -0.352 e. The van der Waals surface area contributed by atoms with E-state index in [0.717, 1.165) is 42.7 Å². The first-order valence-corrected chi connectivity index (χ1v) is 14.7. The highest BCUT2D eigenvalue weighted by molar-refractivity contribution is 7.92. The van der Waals surface area contributed by atoms with Gasteiger partial charge in [0.05, 0.1) is 22.0 Å². The van der Waals surface area contributed by atoms with Crippen molar-refractivity contribution in [2.24, 2.45) is 0 Å². The molecule has 0 aliphatic heterocycles. The number of anilines is 1. The summed E-state index contributed by atoms with van der Waals surface area (Å²) in [6, 6.07) is 10.3. The average Bonchev–Trinajstić information content (AvgIpc) is 2.83. The minimum atomic E-state index is -3.81. The number of hydrogen-bond acceptors (Lipinski definition) is 4. The predicted molar refractivity (Wildman–Crippen MR) is 145 cm³/mol. The number of nitrogens with one attached hydrogen (secondary N) is 1. The lowest BCUT2D eigenvalue weighted by atomic mass is 9.95. The number of sulfonamides is 1. The van der Waals surface area contributed by atoms with Crippen LogP contribution < -0.4 is 9.62 Å². The van der Waals surface area contributed by atoms with E-state index in [1.165, 1.54) is 17.0 Å². The number of rotatable bonds is 9. The number of hydrogen-bond donors (Lipinski definition) is 1. The van der Waals surface area contributed by atoms with Crippen LogP contribution in [0, 0.1) is 0 Å². The Morgan fingerprint density at radius 2 is 1.64 bits per heavy atom. The summed E-state index contributed by atoms with van der Waals surface area (Å²) < 4.78 is 26.2. The van der Waals surface area contributed by atoms with E-state index in [0.29, 0.717) is 26.3 Å². The summed E-state index contributed by atoms with van der Waals surface area (Å²) in [5, 5.41) is 4.18. The van der Waals surface area contributed by atoms with Crippen LogP contribution in [0.5, 0.6) is 0 Å². The third-order valence-corrected chi connectivity index (χ3v) is 8.38. The van der Waals surface area contributed by atoms with Crippen molar-refractivity contribution >= 4 is 62.3 Å². The maximum Gasteiger partial charge on any atom is 0.244 e. The van der Waals surface area contributed by atoms with Crippen molar-refractivity contribution in [2.45, 2.75) is 57.7 Å². The van der Waals surface area contributed by atoms with Gasteiger partial charge in [-0.3, -0.25) is 13.9 Å². The van der Waals surface area contributed by atoms with Gasteiger partial charge in [-0.25, -0.2) is 8.42 Å². The Morgan fingerprint density at radius 1 is 1.00 bits per heavy atom. The lowest BCUT2D eigenvalue weighted by Crippen LogP contribution is -2.52. The smallest absolute Gasteiger partial charge is 0.244 e. The fourth-order valence-corrected chi connectivity index (χ4v) is 5.50. The van der Waals surface area contributed by atoms with E-state index >= 15 is 0 Å². The summed E-state index contributed by atoms with van der Waals surface area (Å²) in [6.45, 7) is 1.21. The number of carbonyl (C=O) groups is 2. The third-order valence-electron chi connectivity index (χ3n) is 6.25. The Hall–Kier alpha value is -2.00. The maximum atomic E-state index is 13.6. The lowest BCUT2D eigenvalue weighted by molar-refractivity contribution is -0.139. The van der Waals surface area contributed by atoms with Crippen molar-refractivity contribution in [3.05, 3.63) is 63.1 Å². The summed E-state index contributed by atoms with van der Waals surface area (Å²) >= 11 is 18.2. The molecule has 1 aliphatic carbocycles. The van der Waals surface area contributed by atoms with Crippen molar-refractivity contribution in [3.63, 3.8) is 0 Å². The first-order valence-electron chi connectivity index (χ1n) is 11.7. The summed E-state index contributed by atoms with van der Waals surface area (Å²) in [5.41, 5.74) is 0.955. The number of nitrogens with zero attached hydrogens (tertiary/aromatic N) is 2. The van der Waals surface area contributed by atoms with Gasteiger partial charge in [-0.15, -0.1) is 0 Å². The second-order valence-electron chi connectivity index (χ2n) is 9.04. The first kappa shape index (κ1) is 28.6. The van der Waals surface area contributed by atoms with Crippen molar-refractivity contribution in [2.75, 3.05) is 17.1 Å². The molecular formula is C25H30Cl3N3O4S. The Labute approximate surface area is 227 Å². The van der Waals surface area contributed by atoms with Crippen LogP contribution in [0.4, 0.5) is 5.69 Å². The van der Waals surface area contributed by atoms with Crippen LogP contribution in [0.25, 0.3) is 0 Å². The summed E-state index contributed by atoms with van der Waals surface area (Å²) in [5.74, 6) is -0.819. The molecule has 1 unspecified atom stereocenters. The molecule has 0 bridgehead atoms. The zero-order valence-electron chi connectivity index (χ0n) is 20.2. The van der Waals surface area contributed by atoms with Gasteiger partial charge >= 0.3 is 0 Å². The fraction of sp³-hybridized carbons (Fsp3) is 0.440. The van der Waals surface area contributed by atoms with Gasteiger partial charge in [0.2, 0.25) is 21.8 Å². The minimum absolute atomic E-state index is 0.0488. The molecule has 2 amide bonds. The molecule has 3 rings (SSSR count). The quantitative estimate of drug-likeness (QED) is 0.442. The fourth-order valence-electron chi connectivity index (χ4n) is 4.21. The molecule has 36 heavy (non-hydrogen) atoms. The van der Waals surface area contributed by atoms with Crippen LogP contribution in [0.1, 0.15) is 44.6 Å². The van der Waals surface area contributed by atoms with Gasteiger partial charge in [0, 0.05) is 17.6 Å². The third kappa shape index (κ3) is 7.75. The molecular weight excluding hydrogens is 545 g/mol. The van der Waals surface area contributed by atoms with Gasteiger partial charge in [-0.1, -0.05) is 60.1 Å². The Kier molecular flexibility index (Phi) is 9.92. The Bertz CT molecular complexity index is 1190. The van der Waals surface area contributed by atoms with E-state index in [-0.39, 0.29) is 18.5 Å². The molecule has 1 fully saturated rings. The molecule has 1 saturated carbocycles. The van der Waals surface area contributed by atoms with Crippen molar-refractivity contribution < 1.29 is 18.0 Å². The summed E-state index contributed by atoms with van der Waals surface area (Å²) in [7, 11) is -3.81. The number of amides is 2. The van der Waals surface area contributed by atoms with E-state index in [9.17, 15) is 18.0 Å². The Morgan fingerprint density at radius 3 is 2.22 bits per heavy atom. The lowest BCUT2D eigenvalue weighted by Gasteiger charge is -2.33. The van der Waals surface area contributed by atoms with Crippen LogP contribution in [-0.4, -0.2) is 50.0 Å². The second-order valence-corrected chi connectivity index (χ2v) is 12.2. The predicted octanol–water partition coefficient (Wildman–Crippen LogP) is 5.28. The normalized spacial score (nSPS) is 15.2. The molecule has 0 heterocycles.